The molecule has 2 aromatic carbocycles. The molecule has 6 rings (SSSR count). The fourth-order valence-corrected chi connectivity index (χ4v) is 5.26. The summed E-state index contributed by atoms with van der Waals surface area (Å²) in [6, 6.07) is 17.1. The molecule has 192 valence electrons. The lowest BCUT2D eigenvalue weighted by atomic mass is 9.95. The zero-order valence-electron chi connectivity index (χ0n) is 23.2. The summed E-state index contributed by atoms with van der Waals surface area (Å²) in [6.45, 7) is 8.44. The Morgan fingerprint density at radius 3 is 2.53 bits per heavy atom. The lowest BCUT2D eigenvalue weighted by Gasteiger charge is -2.10. The minimum absolute atomic E-state index is 0.00558. The van der Waals surface area contributed by atoms with Gasteiger partial charge in [-0.1, -0.05) is 56.3 Å². The minimum atomic E-state index is -1.81. The van der Waals surface area contributed by atoms with Gasteiger partial charge in [-0.2, -0.15) is 15.3 Å². The molecule has 4 heterocycles. The van der Waals surface area contributed by atoms with Crippen LogP contribution in [0.15, 0.2) is 67.0 Å². The van der Waals surface area contributed by atoms with Crippen molar-refractivity contribution in [1.82, 2.24) is 34.3 Å². The molecule has 0 unspecified atom stereocenters. The third-order valence-corrected chi connectivity index (χ3v) is 7.01. The van der Waals surface area contributed by atoms with Crippen LogP contribution in [0.2, 0.25) is 0 Å². The smallest absolute Gasteiger partial charge is 0.181 e. The van der Waals surface area contributed by atoms with E-state index < -0.39 is 6.08 Å². The molecule has 1 N–H and O–H groups in total. The second-order valence-electron chi connectivity index (χ2n) is 10.1. The van der Waals surface area contributed by atoms with Crippen molar-refractivity contribution >= 4 is 21.9 Å². The van der Waals surface area contributed by atoms with Gasteiger partial charge < -0.3 is 5.11 Å². The SMILES string of the molecule is [2H][C@@](O)(Cn1cc2c(-c3nn(-c4cc5cn(C)nc5nc4C)c(C)c3C(C)C)cccc2n1)c1ccccc1. The van der Waals surface area contributed by atoms with Crippen LogP contribution in [0.4, 0.5) is 0 Å². The van der Waals surface area contributed by atoms with E-state index in [1.165, 1.54) is 0 Å². The molecule has 8 heteroatoms. The van der Waals surface area contributed by atoms with Crippen molar-refractivity contribution in [3.63, 3.8) is 0 Å². The molecule has 0 bridgehead atoms. The molecule has 0 aliphatic heterocycles. The highest BCUT2D eigenvalue weighted by Gasteiger charge is 2.23. The van der Waals surface area contributed by atoms with Gasteiger partial charge in [-0.05, 0) is 37.5 Å². The summed E-state index contributed by atoms with van der Waals surface area (Å²) >= 11 is 0. The van der Waals surface area contributed by atoms with Crippen molar-refractivity contribution in [2.24, 2.45) is 7.05 Å². The van der Waals surface area contributed by atoms with Gasteiger partial charge in [0.2, 0.25) is 0 Å². The van der Waals surface area contributed by atoms with E-state index in [1.807, 2.05) is 61.4 Å². The van der Waals surface area contributed by atoms with Gasteiger partial charge in [-0.15, -0.1) is 0 Å². The maximum atomic E-state index is 10.9. The van der Waals surface area contributed by atoms with Crippen LogP contribution in [0.25, 0.3) is 38.9 Å². The van der Waals surface area contributed by atoms with Crippen LogP contribution in [0.3, 0.4) is 0 Å². The largest absolute Gasteiger partial charge is 0.386 e. The van der Waals surface area contributed by atoms with E-state index in [0.29, 0.717) is 5.56 Å². The Morgan fingerprint density at radius 2 is 1.76 bits per heavy atom. The van der Waals surface area contributed by atoms with Gasteiger partial charge in [0.25, 0.3) is 0 Å². The van der Waals surface area contributed by atoms with Crippen LogP contribution >= 0.6 is 0 Å². The Kier molecular flexibility index (Phi) is 5.55. The van der Waals surface area contributed by atoms with Gasteiger partial charge in [0.1, 0.15) is 0 Å². The number of rotatable bonds is 6. The zero-order valence-corrected chi connectivity index (χ0v) is 22.2. The van der Waals surface area contributed by atoms with Gasteiger partial charge in [0.05, 0.1) is 36.6 Å². The number of hydrogen-bond acceptors (Lipinski definition) is 5. The molecular weight excluding hydrogens is 474 g/mol. The number of pyridine rings is 1. The second-order valence-corrected chi connectivity index (χ2v) is 10.1. The average molecular weight is 507 g/mol. The van der Waals surface area contributed by atoms with Crippen LogP contribution in [0, 0.1) is 13.8 Å². The van der Waals surface area contributed by atoms with E-state index in [2.05, 4.69) is 38.0 Å². The van der Waals surface area contributed by atoms with E-state index in [9.17, 15) is 5.11 Å². The number of aliphatic hydroxyl groups is 1. The van der Waals surface area contributed by atoms with E-state index in [-0.39, 0.29) is 12.5 Å². The van der Waals surface area contributed by atoms with Gasteiger partial charge >= 0.3 is 0 Å². The molecule has 8 nitrogen and oxygen atoms in total. The molecule has 1 atom stereocenters. The normalized spacial score (nSPS) is 13.9. The average Bonchev–Trinajstić information content (AvgIpc) is 3.56. The first kappa shape index (κ1) is 22.9. The lowest BCUT2D eigenvalue weighted by molar-refractivity contribution is 0.152. The van der Waals surface area contributed by atoms with E-state index in [1.54, 1.807) is 21.5 Å². The summed E-state index contributed by atoms with van der Waals surface area (Å²) in [5.74, 6) is 0.228. The van der Waals surface area contributed by atoms with Crippen molar-refractivity contribution in [2.75, 3.05) is 0 Å². The van der Waals surface area contributed by atoms with E-state index in [4.69, 9.17) is 16.6 Å². The van der Waals surface area contributed by atoms with Gasteiger partial charge in [0, 0.05) is 47.0 Å². The summed E-state index contributed by atoms with van der Waals surface area (Å²) in [5, 5.41) is 27.1. The molecule has 0 saturated carbocycles. The number of nitrogens with zero attached hydrogens (tertiary/aromatic N) is 7. The monoisotopic (exact) mass is 506 g/mol. The first-order chi connectivity index (χ1) is 18.6. The Balaban J connectivity index is 1.48. The van der Waals surface area contributed by atoms with Crippen molar-refractivity contribution in [1.29, 1.82) is 0 Å². The Labute approximate surface area is 222 Å². The highest BCUT2D eigenvalue weighted by molar-refractivity contribution is 5.94. The van der Waals surface area contributed by atoms with Crippen LogP contribution in [-0.2, 0) is 13.6 Å². The molecule has 0 radical (unpaired) electrons. The molecule has 0 aliphatic carbocycles. The minimum Gasteiger partial charge on any atom is -0.386 e. The molecular formula is C30H31N7O. The maximum Gasteiger partial charge on any atom is 0.181 e. The molecule has 0 amide bonds. The van der Waals surface area contributed by atoms with Crippen molar-refractivity contribution in [2.45, 2.75) is 46.2 Å². The number of benzene rings is 2. The van der Waals surface area contributed by atoms with Crippen LogP contribution in [-0.4, -0.2) is 39.4 Å². The summed E-state index contributed by atoms with van der Waals surface area (Å²) in [6.07, 6.45) is 2.06. The fourth-order valence-electron chi connectivity index (χ4n) is 5.26. The van der Waals surface area contributed by atoms with Crippen molar-refractivity contribution in [3.05, 3.63) is 89.5 Å². The third-order valence-electron chi connectivity index (χ3n) is 7.01. The molecule has 0 aliphatic rings. The van der Waals surface area contributed by atoms with E-state index in [0.717, 1.165) is 55.8 Å². The first-order valence-corrected chi connectivity index (χ1v) is 12.8. The topological polar surface area (TPSA) is 86.6 Å². The molecule has 6 aromatic rings. The quantitative estimate of drug-likeness (QED) is 0.316. The Morgan fingerprint density at radius 1 is 0.974 bits per heavy atom. The summed E-state index contributed by atoms with van der Waals surface area (Å²) in [4.78, 5) is 4.74. The standard InChI is InChI=1S/C30H31N7O/c1-18(2)28-20(4)37(26-14-22-15-35(5)34-30(22)31-19(26)3)33-29(28)23-12-9-13-25-24(23)16-36(32-25)17-27(38)21-10-7-6-8-11-21/h6-16,18,27,38H,17H2,1-5H3/t27-/m1/s1/i27D. The number of aryl methyl sites for hydroxylation is 2. The highest BCUT2D eigenvalue weighted by atomic mass is 16.3. The van der Waals surface area contributed by atoms with Gasteiger partial charge in [-0.3, -0.25) is 9.36 Å². The second kappa shape index (κ2) is 9.22. The molecule has 0 saturated heterocycles. The Bertz CT molecular complexity index is 1830. The molecule has 4 aromatic heterocycles. The van der Waals surface area contributed by atoms with Crippen molar-refractivity contribution in [3.8, 4) is 16.9 Å². The van der Waals surface area contributed by atoms with Crippen LogP contribution in [0.1, 0.15) is 49.7 Å². The molecule has 0 fully saturated rings. The van der Waals surface area contributed by atoms with Crippen LogP contribution < -0.4 is 0 Å². The molecule has 0 spiro atoms. The predicted octanol–water partition coefficient (Wildman–Crippen LogP) is 5.64. The zero-order chi connectivity index (χ0) is 27.5. The van der Waals surface area contributed by atoms with Gasteiger partial charge in [-0.25, -0.2) is 9.67 Å². The number of aromatic nitrogens is 7. The highest BCUT2D eigenvalue weighted by Crippen LogP contribution is 2.37. The summed E-state index contributed by atoms with van der Waals surface area (Å²) in [7, 11) is 1.90. The van der Waals surface area contributed by atoms with Crippen LogP contribution in [0.5, 0.6) is 0 Å². The van der Waals surface area contributed by atoms with E-state index >= 15 is 0 Å². The number of hydrogen-bond donors (Lipinski definition) is 1. The maximum absolute atomic E-state index is 10.9. The third kappa shape index (κ3) is 4.07. The van der Waals surface area contributed by atoms with Crippen molar-refractivity contribution < 1.29 is 6.48 Å². The fraction of sp³-hybridized carbons (Fsp3) is 0.267. The number of fused-ring (bicyclic) bond motifs is 2. The van der Waals surface area contributed by atoms with Gasteiger partial charge in [0.15, 0.2) is 5.65 Å². The predicted molar refractivity (Wildman–Crippen MR) is 149 cm³/mol. The molecule has 38 heavy (non-hydrogen) atoms. The summed E-state index contributed by atoms with van der Waals surface area (Å²) in [5.41, 5.74) is 7.87. The summed E-state index contributed by atoms with van der Waals surface area (Å²) < 4.78 is 14.0. The lowest BCUT2D eigenvalue weighted by Crippen LogP contribution is -2.08. The Hall–Kier alpha value is -4.30. The first-order valence-electron chi connectivity index (χ1n) is 13.3.